The first-order valence-electron chi connectivity index (χ1n) is 9.88. The lowest BCUT2D eigenvalue weighted by Crippen LogP contribution is -2.32. The van der Waals surface area contributed by atoms with Crippen LogP contribution in [-0.2, 0) is 6.42 Å². The molecule has 26 heavy (non-hydrogen) atoms. The summed E-state index contributed by atoms with van der Waals surface area (Å²) in [7, 11) is 2.80. The van der Waals surface area contributed by atoms with Gasteiger partial charge in [-0.25, -0.2) is 4.98 Å². The summed E-state index contributed by atoms with van der Waals surface area (Å²) in [5.74, 6) is 0. The van der Waals surface area contributed by atoms with Gasteiger partial charge in [0.25, 0.3) is 0 Å². The maximum atomic E-state index is 4.81. The van der Waals surface area contributed by atoms with Crippen LogP contribution in [-0.4, -0.2) is 9.55 Å². The van der Waals surface area contributed by atoms with Gasteiger partial charge in [0, 0.05) is 6.04 Å². The highest BCUT2D eigenvalue weighted by Crippen LogP contribution is 2.20. The number of nitrogens with zero attached hydrogens (tertiary/aromatic N) is 2. The fourth-order valence-corrected chi connectivity index (χ4v) is 3.99. The predicted molar refractivity (Wildman–Crippen MR) is 116 cm³/mol. The molecule has 0 amide bonds. The number of hydrogen-bond donors (Lipinski definition) is 0. The summed E-state index contributed by atoms with van der Waals surface area (Å²) in [5.41, 5.74) is 4.25. The smallest absolute Gasteiger partial charge is 0.0960 e. The lowest BCUT2D eigenvalue weighted by molar-refractivity contribution is 0.584. The molecule has 0 aliphatic heterocycles. The molecule has 0 saturated heterocycles. The third kappa shape index (κ3) is 4.54. The molecule has 2 aromatic rings. The zero-order valence-electron chi connectivity index (χ0n) is 16.3. The van der Waals surface area contributed by atoms with Crippen molar-refractivity contribution in [2.75, 3.05) is 0 Å². The summed E-state index contributed by atoms with van der Waals surface area (Å²) in [6.45, 7) is 6.73. The standard InChI is InChI=1S/C23H31N2P/c1-4-5-6-8-18-11-12-22-23(24-16-25(22)17(2)3)20(13-18)14-19-9-7-10-21(26)15-19/h7,9-10,12-13,15-17H,4-6,8,11,14,26H2,1-3H3. The zero-order chi connectivity index (χ0) is 18.5. The van der Waals surface area contributed by atoms with Gasteiger partial charge in [-0.05, 0) is 56.0 Å². The highest BCUT2D eigenvalue weighted by atomic mass is 31.0. The molecule has 1 unspecified atom stereocenters. The van der Waals surface area contributed by atoms with E-state index in [1.807, 2.05) is 6.33 Å². The second kappa shape index (κ2) is 8.82. The number of allylic oxidation sites excluding steroid dienone is 2. The number of unbranched alkanes of at least 4 members (excludes halogenated alkanes) is 2. The Bertz CT molecular complexity index is 903. The average Bonchev–Trinajstić information content (AvgIpc) is 2.96. The lowest BCUT2D eigenvalue weighted by atomic mass is 9.99. The average molecular weight is 366 g/mol. The van der Waals surface area contributed by atoms with Crippen LogP contribution in [0.3, 0.4) is 0 Å². The van der Waals surface area contributed by atoms with Gasteiger partial charge in [0.05, 0.1) is 17.0 Å². The Balaban J connectivity index is 2.03. The minimum absolute atomic E-state index is 0.431. The molecule has 1 aliphatic carbocycles. The van der Waals surface area contributed by atoms with Crippen LogP contribution in [0.1, 0.15) is 64.5 Å². The number of hydrogen-bond acceptors (Lipinski definition) is 1. The molecule has 1 atom stereocenters. The van der Waals surface area contributed by atoms with Crippen molar-refractivity contribution < 1.29 is 0 Å². The quantitative estimate of drug-likeness (QED) is 0.534. The maximum absolute atomic E-state index is 4.81. The second-order valence-electron chi connectivity index (χ2n) is 7.59. The Hall–Kier alpha value is -1.66. The monoisotopic (exact) mass is 366 g/mol. The van der Waals surface area contributed by atoms with E-state index >= 15 is 0 Å². The van der Waals surface area contributed by atoms with Gasteiger partial charge in [-0.3, -0.25) is 0 Å². The molecule has 1 aliphatic rings. The zero-order valence-corrected chi connectivity index (χ0v) is 17.5. The van der Waals surface area contributed by atoms with Crippen LogP contribution in [0, 0.1) is 0 Å². The third-order valence-corrected chi connectivity index (χ3v) is 5.43. The molecule has 1 aromatic carbocycles. The summed E-state index contributed by atoms with van der Waals surface area (Å²) >= 11 is 0. The fourth-order valence-electron chi connectivity index (χ4n) is 3.67. The van der Waals surface area contributed by atoms with Crippen LogP contribution in [0.5, 0.6) is 0 Å². The SMILES string of the molecule is CCCCCC1=CC(Cc2cccc(P)c2)=c2ncn(C(C)C)c2=CC1. The Morgan fingerprint density at radius 3 is 2.81 bits per heavy atom. The first-order chi connectivity index (χ1) is 12.6. The van der Waals surface area contributed by atoms with Crippen molar-refractivity contribution in [2.24, 2.45) is 0 Å². The van der Waals surface area contributed by atoms with Gasteiger partial charge in [-0.15, -0.1) is 9.24 Å². The van der Waals surface area contributed by atoms with Gasteiger partial charge in [0.1, 0.15) is 0 Å². The van der Waals surface area contributed by atoms with Crippen molar-refractivity contribution in [2.45, 2.75) is 65.3 Å². The summed E-state index contributed by atoms with van der Waals surface area (Å²) in [4.78, 5) is 4.81. The molecule has 138 valence electrons. The third-order valence-electron chi connectivity index (χ3n) is 5.08. The van der Waals surface area contributed by atoms with Crippen LogP contribution >= 0.6 is 9.24 Å². The van der Waals surface area contributed by atoms with Crippen molar-refractivity contribution in [1.82, 2.24) is 9.55 Å². The first kappa shape index (κ1) is 19.1. The molecule has 0 saturated carbocycles. The molecule has 0 spiro atoms. The van der Waals surface area contributed by atoms with Gasteiger partial charge in [-0.2, -0.15) is 0 Å². The molecule has 3 heteroatoms. The van der Waals surface area contributed by atoms with Gasteiger partial charge < -0.3 is 4.57 Å². The van der Waals surface area contributed by atoms with Crippen molar-refractivity contribution in [3.05, 3.63) is 58.5 Å². The second-order valence-corrected chi connectivity index (χ2v) is 8.26. The number of imidazole rings is 1. The van der Waals surface area contributed by atoms with E-state index in [2.05, 4.69) is 71.0 Å². The molecule has 1 heterocycles. The van der Waals surface area contributed by atoms with E-state index in [1.165, 1.54) is 52.8 Å². The van der Waals surface area contributed by atoms with Gasteiger partial charge in [0.15, 0.2) is 0 Å². The largest absolute Gasteiger partial charge is 0.328 e. The summed E-state index contributed by atoms with van der Waals surface area (Å²) in [5, 5.41) is 3.69. The molecular weight excluding hydrogens is 335 g/mol. The molecule has 0 radical (unpaired) electrons. The summed E-state index contributed by atoms with van der Waals surface area (Å²) < 4.78 is 2.31. The van der Waals surface area contributed by atoms with E-state index in [0.717, 1.165) is 12.8 Å². The Morgan fingerprint density at radius 1 is 1.23 bits per heavy atom. The minimum atomic E-state index is 0.431. The van der Waals surface area contributed by atoms with Crippen LogP contribution in [0.4, 0.5) is 0 Å². The fraction of sp³-hybridized carbons (Fsp3) is 0.435. The number of fused-ring (bicyclic) bond motifs is 1. The van der Waals surface area contributed by atoms with E-state index in [9.17, 15) is 0 Å². The summed E-state index contributed by atoms with van der Waals surface area (Å²) in [6.07, 6.45) is 13.9. The molecule has 2 nitrogen and oxygen atoms in total. The highest BCUT2D eigenvalue weighted by molar-refractivity contribution is 7.27. The molecule has 3 rings (SSSR count). The highest BCUT2D eigenvalue weighted by Gasteiger charge is 2.11. The van der Waals surface area contributed by atoms with Crippen LogP contribution < -0.4 is 16.0 Å². The maximum Gasteiger partial charge on any atom is 0.0960 e. The Morgan fingerprint density at radius 2 is 2.08 bits per heavy atom. The van der Waals surface area contributed by atoms with Crippen LogP contribution in [0.2, 0.25) is 0 Å². The van der Waals surface area contributed by atoms with E-state index in [1.54, 1.807) is 5.57 Å². The van der Waals surface area contributed by atoms with Gasteiger partial charge >= 0.3 is 0 Å². The van der Waals surface area contributed by atoms with Crippen molar-refractivity contribution >= 4 is 26.2 Å². The molecule has 0 fully saturated rings. The lowest BCUT2D eigenvalue weighted by Gasteiger charge is -2.07. The van der Waals surface area contributed by atoms with Crippen LogP contribution in [0.15, 0.2) is 42.2 Å². The normalized spacial score (nSPS) is 14.0. The van der Waals surface area contributed by atoms with Gasteiger partial charge in [0.2, 0.25) is 0 Å². The van der Waals surface area contributed by atoms with E-state index in [4.69, 9.17) is 4.98 Å². The summed E-state index contributed by atoms with van der Waals surface area (Å²) in [6, 6.07) is 9.18. The molecule has 0 bridgehead atoms. The predicted octanol–water partition coefficient (Wildman–Crippen LogP) is 4.05. The number of benzene rings is 1. The van der Waals surface area contributed by atoms with Crippen molar-refractivity contribution in [3.8, 4) is 0 Å². The Kier molecular flexibility index (Phi) is 6.48. The van der Waals surface area contributed by atoms with E-state index < -0.39 is 0 Å². The van der Waals surface area contributed by atoms with E-state index in [0.29, 0.717) is 6.04 Å². The molecule has 1 aromatic heterocycles. The Labute approximate surface area is 159 Å². The molecular formula is C23H31N2P. The number of aromatic nitrogens is 2. The van der Waals surface area contributed by atoms with Gasteiger partial charge in [-0.1, -0.05) is 61.8 Å². The van der Waals surface area contributed by atoms with Crippen molar-refractivity contribution in [1.29, 1.82) is 0 Å². The first-order valence-corrected chi connectivity index (χ1v) is 10.5. The topological polar surface area (TPSA) is 17.8 Å². The van der Waals surface area contributed by atoms with Crippen LogP contribution in [0.25, 0.3) is 11.6 Å². The molecule has 0 N–H and O–H groups in total. The number of rotatable bonds is 7. The minimum Gasteiger partial charge on any atom is -0.328 e. The van der Waals surface area contributed by atoms with Crippen molar-refractivity contribution in [3.63, 3.8) is 0 Å². The van der Waals surface area contributed by atoms with E-state index in [-0.39, 0.29) is 0 Å².